The third-order valence-electron chi connectivity index (χ3n) is 5.21. The number of halogens is 1. The zero-order valence-electron chi connectivity index (χ0n) is 16.3. The van der Waals surface area contributed by atoms with Gasteiger partial charge in [-0.2, -0.15) is 9.57 Å². The summed E-state index contributed by atoms with van der Waals surface area (Å²) >= 11 is 0. The van der Waals surface area contributed by atoms with Crippen LogP contribution in [0.25, 0.3) is 0 Å². The van der Waals surface area contributed by atoms with Gasteiger partial charge in [-0.1, -0.05) is 36.4 Å². The first kappa shape index (κ1) is 20.7. The van der Waals surface area contributed by atoms with Crippen LogP contribution in [-0.2, 0) is 27.8 Å². The monoisotopic (exact) mass is 435 g/mol. The number of carbonyl (C=O) groups excluding carboxylic acids is 1. The molecule has 0 aliphatic carbocycles. The number of nitrogens with zero attached hydrogens (tertiary/aromatic N) is 2. The summed E-state index contributed by atoms with van der Waals surface area (Å²) in [7, 11) is -4.28. The molecule has 0 saturated heterocycles. The van der Waals surface area contributed by atoms with E-state index >= 15 is 0 Å². The van der Waals surface area contributed by atoms with Gasteiger partial charge in [0.1, 0.15) is 16.8 Å². The minimum absolute atomic E-state index is 0.0434. The number of carbonyl (C=O) groups is 1. The van der Waals surface area contributed by atoms with Crippen LogP contribution in [0.2, 0.25) is 0 Å². The van der Waals surface area contributed by atoms with Gasteiger partial charge >= 0.3 is 0 Å². The highest BCUT2D eigenvalue weighted by molar-refractivity contribution is 7.89. The predicted molar refractivity (Wildman–Crippen MR) is 113 cm³/mol. The van der Waals surface area contributed by atoms with Crippen LogP contribution in [0, 0.1) is 17.1 Å². The molecule has 3 aromatic carbocycles. The van der Waals surface area contributed by atoms with Crippen molar-refractivity contribution in [3.63, 3.8) is 0 Å². The predicted octanol–water partition coefficient (Wildman–Crippen LogP) is 3.45. The summed E-state index contributed by atoms with van der Waals surface area (Å²) in [5.74, 6) is -1.40. The molecule has 0 radical (unpaired) electrons. The van der Waals surface area contributed by atoms with Gasteiger partial charge in [0.15, 0.2) is 0 Å². The number of sulfonamides is 1. The van der Waals surface area contributed by atoms with Gasteiger partial charge in [0.2, 0.25) is 15.9 Å². The van der Waals surface area contributed by atoms with Crippen molar-refractivity contribution in [1.82, 2.24) is 4.31 Å². The Morgan fingerprint density at radius 3 is 2.32 bits per heavy atom. The molecule has 0 saturated carbocycles. The molecule has 1 N–H and O–H groups in total. The van der Waals surface area contributed by atoms with Gasteiger partial charge in [-0.3, -0.25) is 4.79 Å². The largest absolute Gasteiger partial charge is 0.325 e. The number of hydrogen-bond acceptors (Lipinski definition) is 4. The van der Waals surface area contributed by atoms with Gasteiger partial charge in [0, 0.05) is 12.2 Å². The van der Waals surface area contributed by atoms with Crippen molar-refractivity contribution >= 4 is 21.6 Å². The molecule has 1 atom stereocenters. The standard InChI is InChI=1S/C23H18FN3O3S/c24-20-7-3-4-8-22(20)31(29,30)27-15-18-6-2-1-5-17(18)13-21(27)23(28)26-19-11-9-16(14-25)10-12-19/h1-12,21H,13,15H2,(H,26,28)/t21-/m0/s1. The molecular weight excluding hydrogens is 417 g/mol. The average Bonchev–Trinajstić information content (AvgIpc) is 2.79. The molecule has 0 spiro atoms. The quantitative estimate of drug-likeness (QED) is 0.680. The molecule has 6 nitrogen and oxygen atoms in total. The molecule has 0 aromatic heterocycles. The zero-order valence-corrected chi connectivity index (χ0v) is 17.1. The van der Waals surface area contributed by atoms with E-state index in [0.29, 0.717) is 11.3 Å². The highest BCUT2D eigenvalue weighted by atomic mass is 32.2. The Morgan fingerprint density at radius 1 is 1.00 bits per heavy atom. The molecule has 156 valence electrons. The maximum absolute atomic E-state index is 14.3. The number of anilines is 1. The number of nitriles is 1. The minimum atomic E-state index is -4.28. The van der Waals surface area contributed by atoms with E-state index in [1.165, 1.54) is 18.2 Å². The van der Waals surface area contributed by atoms with Gasteiger partial charge in [-0.25, -0.2) is 12.8 Å². The lowest BCUT2D eigenvalue weighted by atomic mass is 9.95. The Labute approximate surface area is 179 Å². The van der Waals surface area contributed by atoms with Crippen LogP contribution in [0.1, 0.15) is 16.7 Å². The number of amides is 1. The number of rotatable bonds is 4. The Balaban J connectivity index is 1.71. The van der Waals surface area contributed by atoms with Crippen LogP contribution in [0.15, 0.2) is 77.7 Å². The van der Waals surface area contributed by atoms with Crippen molar-refractivity contribution in [1.29, 1.82) is 5.26 Å². The van der Waals surface area contributed by atoms with E-state index in [4.69, 9.17) is 5.26 Å². The first-order chi connectivity index (χ1) is 14.9. The maximum atomic E-state index is 14.3. The highest BCUT2D eigenvalue weighted by Gasteiger charge is 2.40. The molecule has 31 heavy (non-hydrogen) atoms. The van der Waals surface area contributed by atoms with Crippen LogP contribution in [0.5, 0.6) is 0 Å². The first-order valence-electron chi connectivity index (χ1n) is 9.54. The summed E-state index contributed by atoms with van der Waals surface area (Å²) < 4.78 is 42.1. The Hall–Kier alpha value is -3.54. The van der Waals surface area contributed by atoms with Crippen molar-refractivity contribution in [2.75, 3.05) is 5.32 Å². The Bertz CT molecular complexity index is 1280. The third-order valence-corrected chi connectivity index (χ3v) is 7.10. The highest BCUT2D eigenvalue weighted by Crippen LogP contribution is 2.30. The second-order valence-corrected chi connectivity index (χ2v) is 9.01. The fraction of sp³-hybridized carbons (Fsp3) is 0.130. The number of fused-ring (bicyclic) bond motifs is 1. The fourth-order valence-corrected chi connectivity index (χ4v) is 5.24. The van der Waals surface area contributed by atoms with E-state index < -0.39 is 32.7 Å². The van der Waals surface area contributed by atoms with E-state index in [2.05, 4.69) is 5.32 Å². The smallest absolute Gasteiger partial charge is 0.247 e. The van der Waals surface area contributed by atoms with Crippen molar-refractivity contribution in [3.8, 4) is 6.07 Å². The topological polar surface area (TPSA) is 90.3 Å². The van der Waals surface area contributed by atoms with Crippen molar-refractivity contribution in [2.45, 2.75) is 23.9 Å². The van der Waals surface area contributed by atoms with E-state index in [-0.39, 0.29) is 13.0 Å². The molecular formula is C23H18FN3O3S. The summed E-state index contributed by atoms with van der Waals surface area (Å²) in [6, 6.07) is 19.6. The molecule has 4 rings (SSSR count). The summed E-state index contributed by atoms with van der Waals surface area (Å²) in [4.78, 5) is 12.7. The summed E-state index contributed by atoms with van der Waals surface area (Å²) in [6.07, 6.45) is 0.159. The van der Waals surface area contributed by atoms with E-state index in [9.17, 15) is 17.6 Å². The van der Waals surface area contributed by atoms with Crippen LogP contribution >= 0.6 is 0 Å². The lowest BCUT2D eigenvalue weighted by molar-refractivity contribution is -0.120. The minimum Gasteiger partial charge on any atom is -0.325 e. The summed E-state index contributed by atoms with van der Waals surface area (Å²) in [6.45, 7) is -0.0434. The lowest BCUT2D eigenvalue weighted by Crippen LogP contribution is -2.50. The number of nitrogens with one attached hydrogen (secondary N) is 1. The van der Waals surface area contributed by atoms with Crippen LogP contribution in [-0.4, -0.2) is 24.7 Å². The molecule has 1 amide bonds. The second-order valence-electron chi connectivity index (χ2n) is 7.15. The number of hydrogen-bond donors (Lipinski definition) is 1. The van der Waals surface area contributed by atoms with Gasteiger partial charge in [-0.05, 0) is 53.9 Å². The van der Waals surface area contributed by atoms with Crippen molar-refractivity contribution in [3.05, 3.63) is 95.3 Å². The van der Waals surface area contributed by atoms with Gasteiger partial charge in [-0.15, -0.1) is 0 Å². The fourth-order valence-electron chi connectivity index (χ4n) is 3.61. The molecule has 0 fully saturated rings. The average molecular weight is 435 g/mol. The Kier molecular flexibility index (Phi) is 5.55. The van der Waals surface area contributed by atoms with E-state index in [1.54, 1.807) is 36.4 Å². The maximum Gasteiger partial charge on any atom is 0.247 e. The van der Waals surface area contributed by atoms with Crippen LogP contribution in [0.4, 0.5) is 10.1 Å². The van der Waals surface area contributed by atoms with E-state index in [0.717, 1.165) is 21.5 Å². The molecule has 1 heterocycles. The number of benzene rings is 3. The Morgan fingerprint density at radius 2 is 1.65 bits per heavy atom. The molecule has 0 bridgehead atoms. The van der Waals surface area contributed by atoms with Crippen LogP contribution in [0.3, 0.4) is 0 Å². The van der Waals surface area contributed by atoms with Crippen molar-refractivity contribution < 1.29 is 17.6 Å². The normalized spacial score (nSPS) is 16.2. The van der Waals surface area contributed by atoms with Crippen LogP contribution < -0.4 is 5.32 Å². The molecule has 0 unspecified atom stereocenters. The van der Waals surface area contributed by atoms with E-state index in [1.807, 2.05) is 18.2 Å². The molecule has 1 aliphatic heterocycles. The lowest BCUT2D eigenvalue weighted by Gasteiger charge is -2.35. The van der Waals surface area contributed by atoms with Gasteiger partial charge in [0.25, 0.3) is 0 Å². The third kappa shape index (κ3) is 4.06. The molecule has 1 aliphatic rings. The van der Waals surface area contributed by atoms with Gasteiger partial charge in [0.05, 0.1) is 11.6 Å². The summed E-state index contributed by atoms with van der Waals surface area (Å²) in [5, 5.41) is 11.6. The molecule has 8 heteroatoms. The zero-order chi connectivity index (χ0) is 22.0. The SMILES string of the molecule is N#Cc1ccc(NC(=O)[C@@H]2Cc3ccccc3CN2S(=O)(=O)c2ccccc2F)cc1. The molecule has 3 aromatic rings. The van der Waals surface area contributed by atoms with Crippen molar-refractivity contribution in [2.24, 2.45) is 0 Å². The second kappa shape index (κ2) is 8.30. The first-order valence-corrected chi connectivity index (χ1v) is 11.0. The van der Waals surface area contributed by atoms with Gasteiger partial charge < -0.3 is 5.32 Å². The summed E-state index contributed by atoms with van der Waals surface area (Å²) in [5.41, 5.74) is 2.51.